The predicted octanol–water partition coefficient (Wildman–Crippen LogP) is 3.31. The van der Waals surface area contributed by atoms with E-state index in [2.05, 4.69) is 10.3 Å². The lowest BCUT2D eigenvalue weighted by atomic mass is 9.87. The molecule has 1 fully saturated rings. The number of amides is 1. The Kier molecular flexibility index (Phi) is 4.24. The second kappa shape index (κ2) is 6.44. The molecule has 0 unspecified atom stereocenters. The van der Waals surface area contributed by atoms with Crippen LogP contribution in [-0.4, -0.2) is 33.3 Å². The van der Waals surface area contributed by atoms with Crippen LogP contribution in [0.15, 0.2) is 42.0 Å². The van der Waals surface area contributed by atoms with E-state index in [9.17, 15) is 13.6 Å². The van der Waals surface area contributed by atoms with Crippen molar-refractivity contribution in [1.82, 2.24) is 14.7 Å². The number of hydrogen-bond acceptors (Lipinski definition) is 4. The summed E-state index contributed by atoms with van der Waals surface area (Å²) < 4.78 is 30.1. The van der Waals surface area contributed by atoms with Crippen LogP contribution < -0.4 is 11.1 Å². The second-order valence-electron chi connectivity index (χ2n) is 6.54. The van der Waals surface area contributed by atoms with Crippen molar-refractivity contribution >= 4 is 22.9 Å². The molecule has 0 spiro atoms. The highest BCUT2D eigenvalue weighted by atomic mass is 32.1. The molecule has 1 aliphatic rings. The third kappa shape index (κ3) is 2.99. The topological polar surface area (TPSA) is 72.4 Å². The van der Waals surface area contributed by atoms with Crippen molar-refractivity contribution in [3.8, 4) is 11.3 Å². The Morgan fingerprint density at radius 2 is 2.27 bits per heavy atom. The fraction of sp³-hybridized carbons (Fsp3) is 0.333. The second-order valence-corrected chi connectivity index (χ2v) is 7.45. The number of pyridine rings is 1. The number of carbonyl (C=O) groups is 1. The fourth-order valence-corrected chi connectivity index (χ4v) is 4.17. The van der Waals surface area contributed by atoms with Gasteiger partial charge in [-0.2, -0.15) is 0 Å². The lowest BCUT2D eigenvalue weighted by Gasteiger charge is -2.36. The number of nitrogens with two attached hydrogens (primary N) is 1. The maximum atomic E-state index is 14.1. The van der Waals surface area contributed by atoms with Crippen LogP contribution in [0.3, 0.4) is 0 Å². The molecule has 1 aliphatic carbocycles. The minimum Gasteiger partial charge on any atom is -0.341 e. The molecule has 0 radical (unpaired) electrons. The van der Waals surface area contributed by atoms with Gasteiger partial charge in [0, 0.05) is 29.6 Å². The Morgan fingerprint density at radius 3 is 3.08 bits per heavy atom. The quantitative estimate of drug-likeness (QED) is 0.737. The number of fused-ring (bicyclic) bond motifs is 1. The Labute approximate surface area is 152 Å². The number of alkyl halides is 2. The zero-order chi connectivity index (χ0) is 18.3. The van der Waals surface area contributed by atoms with E-state index in [1.165, 1.54) is 11.3 Å². The first-order valence-electron chi connectivity index (χ1n) is 8.41. The van der Waals surface area contributed by atoms with Gasteiger partial charge in [0.1, 0.15) is 11.7 Å². The van der Waals surface area contributed by atoms with Crippen LogP contribution in [0.5, 0.6) is 0 Å². The molecule has 3 heterocycles. The molecule has 3 aromatic heterocycles. The molecule has 5 nitrogen and oxygen atoms in total. The van der Waals surface area contributed by atoms with Crippen molar-refractivity contribution < 1.29 is 13.6 Å². The van der Waals surface area contributed by atoms with Crippen molar-refractivity contribution in [2.75, 3.05) is 0 Å². The van der Waals surface area contributed by atoms with Crippen molar-refractivity contribution in [3.63, 3.8) is 0 Å². The predicted molar refractivity (Wildman–Crippen MR) is 96.5 cm³/mol. The lowest BCUT2D eigenvalue weighted by molar-refractivity contribution is -0.0674. The van der Waals surface area contributed by atoms with Crippen molar-refractivity contribution in [2.45, 2.75) is 37.3 Å². The van der Waals surface area contributed by atoms with Gasteiger partial charge in [-0.3, -0.25) is 9.20 Å². The van der Waals surface area contributed by atoms with Crippen molar-refractivity contribution in [2.24, 2.45) is 5.73 Å². The van der Waals surface area contributed by atoms with Crippen LogP contribution >= 0.6 is 11.3 Å². The molecule has 3 N–H and O–H groups in total. The lowest BCUT2D eigenvalue weighted by Crippen LogP contribution is -2.59. The number of rotatable bonds is 3. The molecule has 136 valence electrons. The highest BCUT2D eigenvalue weighted by molar-refractivity contribution is 7.12. The number of imidazole rings is 1. The standard InChI is InChI=1S/C18H18F2N4OS/c19-18(20)6-3-4-12(21)16(18)23-17(25)14-8-11(10-26-14)13-9-22-15-5-1-2-7-24(13)15/h1-2,5,7-10,12,16H,3-4,6,21H2,(H,23,25)/t12-,16+/m0/s1. The zero-order valence-electron chi connectivity index (χ0n) is 13.9. The summed E-state index contributed by atoms with van der Waals surface area (Å²) in [5.74, 6) is -3.49. The summed E-state index contributed by atoms with van der Waals surface area (Å²) in [5.41, 5.74) is 8.28. The first-order chi connectivity index (χ1) is 12.5. The smallest absolute Gasteiger partial charge is 0.269 e. The first-order valence-corrected chi connectivity index (χ1v) is 9.29. The monoisotopic (exact) mass is 376 g/mol. The van der Waals surface area contributed by atoms with Gasteiger partial charge in [-0.25, -0.2) is 13.8 Å². The number of thiophene rings is 1. The molecule has 0 aromatic carbocycles. The normalized spacial score (nSPS) is 22.4. The molecule has 8 heteroatoms. The van der Waals surface area contributed by atoms with Crippen LogP contribution in [0, 0.1) is 0 Å². The molecule has 0 saturated heterocycles. The van der Waals surface area contributed by atoms with Gasteiger partial charge < -0.3 is 11.1 Å². The van der Waals surface area contributed by atoms with Gasteiger partial charge >= 0.3 is 0 Å². The summed E-state index contributed by atoms with van der Waals surface area (Å²) in [6.45, 7) is 0. The minimum absolute atomic E-state index is 0.247. The Bertz CT molecular complexity index is 951. The SMILES string of the molecule is N[C@H]1CCCC(F)(F)[C@@H]1NC(=O)c1cc(-c2cnc3ccccn23)cs1. The van der Waals surface area contributed by atoms with E-state index >= 15 is 0 Å². The molecule has 1 amide bonds. The first kappa shape index (κ1) is 17.1. The maximum Gasteiger partial charge on any atom is 0.269 e. The summed E-state index contributed by atoms with van der Waals surface area (Å²) in [6.07, 6.45) is 4.22. The Balaban J connectivity index is 1.57. The number of nitrogens with one attached hydrogen (secondary N) is 1. The third-order valence-corrected chi connectivity index (χ3v) is 5.68. The van der Waals surface area contributed by atoms with Gasteiger partial charge in [0.05, 0.1) is 16.8 Å². The number of halogens is 2. The van der Waals surface area contributed by atoms with Gasteiger partial charge in [0.25, 0.3) is 11.8 Å². The van der Waals surface area contributed by atoms with E-state index in [1.807, 2.05) is 34.2 Å². The zero-order valence-corrected chi connectivity index (χ0v) is 14.7. The van der Waals surface area contributed by atoms with Gasteiger partial charge in [0.2, 0.25) is 0 Å². The van der Waals surface area contributed by atoms with E-state index in [0.29, 0.717) is 17.7 Å². The molecule has 0 bridgehead atoms. The average molecular weight is 376 g/mol. The van der Waals surface area contributed by atoms with Crippen LogP contribution in [0.1, 0.15) is 28.9 Å². The molecule has 26 heavy (non-hydrogen) atoms. The number of aromatic nitrogens is 2. The van der Waals surface area contributed by atoms with Crippen molar-refractivity contribution in [1.29, 1.82) is 0 Å². The average Bonchev–Trinajstić information content (AvgIpc) is 3.24. The Morgan fingerprint density at radius 1 is 1.42 bits per heavy atom. The van der Waals surface area contributed by atoms with Gasteiger partial charge in [-0.1, -0.05) is 6.07 Å². The van der Waals surface area contributed by atoms with E-state index < -0.39 is 23.9 Å². The highest BCUT2D eigenvalue weighted by Gasteiger charge is 2.46. The summed E-state index contributed by atoms with van der Waals surface area (Å²) in [4.78, 5) is 17.2. The summed E-state index contributed by atoms with van der Waals surface area (Å²) >= 11 is 1.22. The van der Waals surface area contributed by atoms with Gasteiger partial charge in [-0.15, -0.1) is 11.3 Å². The highest BCUT2D eigenvalue weighted by Crippen LogP contribution is 2.33. The number of nitrogens with zero attached hydrogens (tertiary/aromatic N) is 2. The Hall–Kier alpha value is -2.32. The summed E-state index contributed by atoms with van der Waals surface area (Å²) in [7, 11) is 0. The molecule has 2 atom stereocenters. The van der Waals surface area contributed by atoms with E-state index in [1.54, 1.807) is 12.3 Å². The molecular weight excluding hydrogens is 358 g/mol. The molecule has 4 rings (SSSR count). The van der Waals surface area contributed by atoms with Crippen molar-refractivity contribution in [3.05, 3.63) is 46.9 Å². The maximum absolute atomic E-state index is 14.1. The number of carbonyl (C=O) groups excluding carboxylic acids is 1. The fourth-order valence-electron chi connectivity index (χ4n) is 3.37. The van der Waals surface area contributed by atoms with Gasteiger partial charge in [0.15, 0.2) is 0 Å². The molecule has 1 saturated carbocycles. The van der Waals surface area contributed by atoms with Crippen LogP contribution in [-0.2, 0) is 0 Å². The third-order valence-electron chi connectivity index (χ3n) is 4.75. The molecular formula is C18H18F2N4OS. The molecule has 3 aromatic rings. The van der Waals surface area contributed by atoms with Gasteiger partial charge in [-0.05, 0) is 31.0 Å². The van der Waals surface area contributed by atoms with E-state index in [4.69, 9.17) is 5.73 Å². The summed E-state index contributed by atoms with van der Waals surface area (Å²) in [6, 6.07) is 5.31. The van der Waals surface area contributed by atoms with E-state index in [0.717, 1.165) is 16.9 Å². The number of hydrogen-bond donors (Lipinski definition) is 2. The van der Waals surface area contributed by atoms with Crippen LogP contribution in [0.25, 0.3) is 16.9 Å². The van der Waals surface area contributed by atoms with Crippen LogP contribution in [0.2, 0.25) is 0 Å². The largest absolute Gasteiger partial charge is 0.341 e. The minimum atomic E-state index is -2.98. The van der Waals surface area contributed by atoms with E-state index in [-0.39, 0.29) is 6.42 Å². The summed E-state index contributed by atoms with van der Waals surface area (Å²) in [5, 5.41) is 4.27. The van der Waals surface area contributed by atoms with Crippen LogP contribution in [0.4, 0.5) is 8.78 Å². The molecule has 0 aliphatic heterocycles.